The van der Waals surface area contributed by atoms with Crippen molar-refractivity contribution in [2.45, 2.75) is 18.9 Å². The fraction of sp³-hybridized carbons (Fsp3) is 0.471. The molecule has 1 aromatic carbocycles. The number of rotatable bonds is 8. The Kier molecular flexibility index (Phi) is 8.35. The summed E-state index contributed by atoms with van der Waals surface area (Å²) in [6.45, 7) is -1.05. The lowest BCUT2D eigenvalue weighted by molar-refractivity contribution is -0.125. The molecule has 1 aliphatic rings. The van der Waals surface area contributed by atoms with Gasteiger partial charge in [0.05, 0.1) is 13.2 Å². The van der Waals surface area contributed by atoms with Crippen molar-refractivity contribution in [3.63, 3.8) is 0 Å². The summed E-state index contributed by atoms with van der Waals surface area (Å²) in [6.07, 6.45) is -5.76. The van der Waals surface area contributed by atoms with Gasteiger partial charge in [0, 0.05) is 30.0 Å². The molecule has 1 heterocycles. The van der Waals surface area contributed by atoms with E-state index in [4.69, 9.17) is 10.5 Å². The minimum absolute atomic E-state index is 0.167. The number of urea groups is 1. The summed E-state index contributed by atoms with van der Waals surface area (Å²) in [7, 11) is 0. The molecule has 1 saturated heterocycles. The summed E-state index contributed by atoms with van der Waals surface area (Å²) >= 11 is 0. The lowest BCUT2D eigenvalue weighted by Crippen LogP contribution is -2.52. The number of amides is 4. The number of carbonyl (C=O) groups excluding carboxylic acids is 3. The minimum atomic E-state index is -2.98. The zero-order valence-electron chi connectivity index (χ0n) is 15.7. The van der Waals surface area contributed by atoms with E-state index in [2.05, 4.69) is 10.6 Å². The van der Waals surface area contributed by atoms with Crippen LogP contribution < -0.4 is 26.6 Å². The van der Waals surface area contributed by atoms with Crippen LogP contribution in [0.3, 0.4) is 0 Å². The van der Waals surface area contributed by atoms with Crippen LogP contribution in [0.5, 0.6) is 0 Å². The monoisotopic (exact) mass is 435 g/mol. The van der Waals surface area contributed by atoms with Gasteiger partial charge in [-0.2, -0.15) is 0 Å². The zero-order valence-corrected chi connectivity index (χ0v) is 15.7. The van der Waals surface area contributed by atoms with Gasteiger partial charge in [-0.3, -0.25) is 9.59 Å². The van der Waals surface area contributed by atoms with Gasteiger partial charge in [-0.25, -0.2) is 22.4 Å². The third-order valence-electron chi connectivity index (χ3n) is 4.10. The Morgan fingerprint density at radius 1 is 1.23 bits per heavy atom. The smallest absolute Gasteiger partial charge is 0.315 e. The van der Waals surface area contributed by atoms with E-state index in [0.29, 0.717) is 0 Å². The summed E-state index contributed by atoms with van der Waals surface area (Å²) in [5.41, 5.74) is 4.84. The van der Waals surface area contributed by atoms with Crippen molar-refractivity contribution in [1.82, 2.24) is 10.6 Å². The van der Waals surface area contributed by atoms with Crippen molar-refractivity contribution in [3.05, 3.63) is 23.8 Å². The summed E-state index contributed by atoms with van der Waals surface area (Å²) < 4.78 is 56.3. The molecule has 1 aliphatic heterocycles. The lowest BCUT2D eigenvalue weighted by atomic mass is 10.1. The third kappa shape index (κ3) is 6.29. The van der Waals surface area contributed by atoms with Crippen LogP contribution in [-0.4, -0.2) is 63.2 Å². The number of halogens is 4. The van der Waals surface area contributed by atoms with E-state index >= 15 is 0 Å². The second-order valence-corrected chi connectivity index (χ2v) is 6.19. The molecule has 1 atom stereocenters. The molecular weight excluding hydrogens is 414 g/mol. The number of anilines is 2. The van der Waals surface area contributed by atoms with Crippen LogP contribution in [0.4, 0.5) is 33.7 Å². The number of carbonyl (C=O) groups is 3. The Morgan fingerprint density at radius 2 is 1.97 bits per heavy atom. The molecule has 0 unspecified atom stereocenters. The van der Waals surface area contributed by atoms with Gasteiger partial charge in [0.15, 0.2) is 0 Å². The van der Waals surface area contributed by atoms with E-state index in [-0.39, 0.29) is 37.0 Å². The van der Waals surface area contributed by atoms with Crippen molar-refractivity contribution in [2.75, 3.05) is 43.1 Å². The van der Waals surface area contributed by atoms with Gasteiger partial charge in [0.2, 0.25) is 5.91 Å². The average Bonchev–Trinajstić information content (AvgIpc) is 2.71. The first kappa shape index (κ1) is 23.3. The highest BCUT2D eigenvalue weighted by molar-refractivity contribution is 5.99. The van der Waals surface area contributed by atoms with Crippen molar-refractivity contribution in [3.8, 4) is 0 Å². The molecule has 1 fully saturated rings. The largest absolute Gasteiger partial charge is 0.370 e. The maximum absolute atomic E-state index is 13.5. The highest BCUT2D eigenvalue weighted by Crippen LogP contribution is 2.31. The number of hydrogen-bond donors (Lipinski definition) is 4. The second-order valence-electron chi connectivity index (χ2n) is 6.19. The van der Waals surface area contributed by atoms with Gasteiger partial charge in [-0.05, 0) is 18.2 Å². The minimum Gasteiger partial charge on any atom is -0.370 e. The molecule has 1 aromatic rings. The van der Waals surface area contributed by atoms with Gasteiger partial charge >= 0.3 is 6.03 Å². The molecule has 0 radical (unpaired) electrons. The van der Waals surface area contributed by atoms with Gasteiger partial charge < -0.3 is 31.3 Å². The molecule has 9 nitrogen and oxygen atoms in total. The number of ether oxygens (including phenoxy) is 1. The molecule has 5 N–H and O–H groups in total. The summed E-state index contributed by atoms with van der Waals surface area (Å²) in [6, 6.07) is 1.24. The van der Waals surface area contributed by atoms with Gasteiger partial charge in [-0.15, -0.1) is 0 Å². The maximum atomic E-state index is 13.5. The first-order chi connectivity index (χ1) is 14.2. The topological polar surface area (TPSA) is 126 Å². The Morgan fingerprint density at radius 3 is 2.57 bits per heavy atom. The fourth-order valence-corrected chi connectivity index (χ4v) is 2.63. The maximum Gasteiger partial charge on any atom is 0.315 e. The summed E-state index contributed by atoms with van der Waals surface area (Å²) in [4.78, 5) is 37.1. The second kappa shape index (κ2) is 10.7. The summed E-state index contributed by atoms with van der Waals surface area (Å²) in [5, 5.41) is 6.16. The van der Waals surface area contributed by atoms with Crippen molar-refractivity contribution in [2.24, 2.45) is 5.73 Å². The number of benzene rings is 1. The molecule has 166 valence electrons. The Bertz CT molecular complexity index is 781. The molecule has 0 saturated carbocycles. The van der Waals surface area contributed by atoms with Crippen LogP contribution >= 0.6 is 0 Å². The summed E-state index contributed by atoms with van der Waals surface area (Å²) in [5.74, 6) is -1.30. The SMILES string of the molecule is NC[C@@H](NC(=O)NCC(F)F)C(=O)Nc1ccc(N2CCOCC2=O)cc1C(F)F. The molecule has 0 spiro atoms. The predicted octanol–water partition coefficient (Wildman–Crippen LogP) is 0.817. The highest BCUT2D eigenvalue weighted by atomic mass is 19.3. The molecular formula is C17H21F4N5O4. The number of hydrogen-bond acceptors (Lipinski definition) is 5. The van der Waals surface area contributed by atoms with E-state index in [1.165, 1.54) is 17.0 Å². The van der Waals surface area contributed by atoms with Crippen LogP contribution in [0.25, 0.3) is 0 Å². The first-order valence-electron chi connectivity index (χ1n) is 8.86. The van der Waals surface area contributed by atoms with Crippen LogP contribution in [-0.2, 0) is 14.3 Å². The first-order valence-corrected chi connectivity index (χ1v) is 8.86. The predicted molar refractivity (Wildman–Crippen MR) is 98.6 cm³/mol. The van der Waals surface area contributed by atoms with Crippen LogP contribution in [0.2, 0.25) is 0 Å². The zero-order chi connectivity index (χ0) is 22.3. The number of nitrogens with zero attached hydrogens (tertiary/aromatic N) is 1. The van der Waals surface area contributed by atoms with E-state index in [1.54, 1.807) is 0 Å². The van der Waals surface area contributed by atoms with Crippen molar-refractivity contribution in [1.29, 1.82) is 0 Å². The lowest BCUT2D eigenvalue weighted by Gasteiger charge is -2.27. The normalized spacial score (nSPS) is 15.3. The molecule has 30 heavy (non-hydrogen) atoms. The van der Waals surface area contributed by atoms with Crippen molar-refractivity contribution < 1.29 is 36.7 Å². The number of nitrogens with one attached hydrogen (secondary N) is 3. The van der Waals surface area contributed by atoms with Gasteiger partial charge in [0.1, 0.15) is 12.6 Å². The fourth-order valence-electron chi connectivity index (χ4n) is 2.63. The molecule has 0 aromatic heterocycles. The molecule has 0 bridgehead atoms. The number of alkyl halides is 4. The Balaban J connectivity index is 2.12. The third-order valence-corrected chi connectivity index (χ3v) is 4.10. The van der Waals surface area contributed by atoms with E-state index in [1.807, 2.05) is 5.32 Å². The van der Waals surface area contributed by atoms with Gasteiger partial charge in [-0.1, -0.05) is 0 Å². The standard InChI is InChI=1S/C17H21F4N5O4/c18-13(19)7-23-17(29)25-12(6-22)16(28)24-11-2-1-9(5-10(11)15(20)21)26-3-4-30-8-14(26)27/h1-2,5,12-13,15H,3-4,6-8,22H2,(H,24,28)(H2,23,25,29)/t12-/m1/s1. The van der Waals surface area contributed by atoms with Gasteiger partial charge in [0.25, 0.3) is 18.8 Å². The molecule has 2 rings (SSSR count). The van der Waals surface area contributed by atoms with Crippen molar-refractivity contribution >= 4 is 29.2 Å². The van der Waals surface area contributed by atoms with Crippen LogP contribution in [0.1, 0.15) is 12.0 Å². The average molecular weight is 435 g/mol. The Labute approximate surface area is 168 Å². The highest BCUT2D eigenvalue weighted by Gasteiger charge is 2.25. The number of nitrogens with two attached hydrogens (primary N) is 1. The quantitative estimate of drug-likeness (QED) is 0.450. The number of morpholine rings is 1. The Hall–Kier alpha value is -2.93. The van der Waals surface area contributed by atoms with E-state index < -0.39 is 49.5 Å². The van der Waals surface area contributed by atoms with Crippen LogP contribution in [0, 0.1) is 0 Å². The molecule has 0 aliphatic carbocycles. The molecule has 13 heteroatoms. The van der Waals surface area contributed by atoms with E-state index in [0.717, 1.165) is 6.07 Å². The van der Waals surface area contributed by atoms with E-state index in [9.17, 15) is 31.9 Å². The van der Waals surface area contributed by atoms with Crippen LogP contribution in [0.15, 0.2) is 18.2 Å². The molecule has 4 amide bonds.